The van der Waals surface area contributed by atoms with Gasteiger partial charge in [0.25, 0.3) is 0 Å². The predicted octanol–water partition coefficient (Wildman–Crippen LogP) is 1.58. The average Bonchev–Trinajstić information content (AvgIpc) is 2.89. The number of hydrogen-bond donors (Lipinski definition) is 2. The SMILES string of the molecule is CN=C(NCCCOCC1CCOCC1)NCCc1c(C)nn(C)c1C. The number of aliphatic imine (C=N–C) groups is 1. The maximum atomic E-state index is 5.79. The molecule has 0 unspecified atom stereocenters. The third kappa shape index (κ3) is 6.61. The zero-order chi connectivity index (χ0) is 18.8. The number of guanidine groups is 1. The minimum absolute atomic E-state index is 0.672. The molecule has 1 saturated heterocycles. The fraction of sp³-hybridized carbons (Fsp3) is 0.789. The van der Waals surface area contributed by atoms with E-state index in [-0.39, 0.29) is 0 Å². The van der Waals surface area contributed by atoms with Gasteiger partial charge in [-0.2, -0.15) is 5.10 Å². The Kier molecular flexibility index (Phi) is 8.91. The van der Waals surface area contributed by atoms with Crippen molar-refractivity contribution in [2.75, 3.05) is 46.6 Å². The lowest BCUT2D eigenvalue weighted by Gasteiger charge is -2.21. The van der Waals surface area contributed by atoms with Crippen LogP contribution in [0.15, 0.2) is 4.99 Å². The van der Waals surface area contributed by atoms with Crippen LogP contribution in [0.5, 0.6) is 0 Å². The number of hydrogen-bond acceptors (Lipinski definition) is 4. The Balaban J connectivity index is 1.55. The second-order valence-corrected chi connectivity index (χ2v) is 6.93. The lowest BCUT2D eigenvalue weighted by atomic mass is 10.0. The molecule has 0 spiro atoms. The van der Waals surface area contributed by atoms with Crippen LogP contribution in [-0.4, -0.2) is 62.3 Å². The van der Waals surface area contributed by atoms with Gasteiger partial charge in [0, 0.05) is 59.3 Å². The summed E-state index contributed by atoms with van der Waals surface area (Å²) in [4.78, 5) is 4.28. The van der Waals surface area contributed by atoms with Crippen LogP contribution < -0.4 is 10.6 Å². The first-order chi connectivity index (χ1) is 12.6. The Morgan fingerprint density at radius 2 is 2.00 bits per heavy atom. The van der Waals surface area contributed by atoms with Crippen molar-refractivity contribution in [3.05, 3.63) is 17.0 Å². The third-order valence-corrected chi connectivity index (χ3v) is 5.00. The van der Waals surface area contributed by atoms with Crippen molar-refractivity contribution in [1.29, 1.82) is 0 Å². The smallest absolute Gasteiger partial charge is 0.190 e. The van der Waals surface area contributed by atoms with Gasteiger partial charge >= 0.3 is 0 Å². The molecule has 2 N–H and O–H groups in total. The number of aromatic nitrogens is 2. The van der Waals surface area contributed by atoms with Gasteiger partial charge in [0.2, 0.25) is 0 Å². The van der Waals surface area contributed by atoms with Gasteiger partial charge in [-0.1, -0.05) is 0 Å². The topological polar surface area (TPSA) is 72.7 Å². The van der Waals surface area contributed by atoms with Crippen molar-refractivity contribution < 1.29 is 9.47 Å². The van der Waals surface area contributed by atoms with Gasteiger partial charge in [-0.3, -0.25) is 9.67 Å². The lowest BCUT2D eigenvalue weighted by Crippen LogP contribution is -2.39. The van der Waals surface area contributed by atoms with Crippen molar-refractivity contribution in [1.82, 2.24) is 20.4 Å². The number of aryl methyl sites for hydroxylation is 2. The molecule has 7 nitrogen and oxygen atoms in total. The number of nitrogens with zero attached hydrogens (tertiary/aromatic N) is 3. The van der Waals surface area contributed by atoms with Crippen LogP contribution in [0.1, 0.15) is 36.2 Å². The Hall–Kier alpha value is -1.60. The molecule has 2 rings (SSSR count). The largest absolute Gasteiger partial charge is 0.381 e. The highest BCUT2D eigenvalue weighted by Crippen LogP contribution is 2.14. The molecule has 0 radical (unpaired) electrons. The highest BCUT2D eigenvalue weighted by molar-refractivity contribution is 5.79. The summed E-state index contributed by atoms with van der Waals surface area (Å²) in [7, 11) is 3.79. The Morgan fingerprint density at radius 1 is 1.27 bits per heavy atom. The summed E-state index contributed by atoms with van der Waals surface area (Å²) >= 11 is 0. The zero-order valence-electron chi connectivity index (χ0n) is 16.8. The lowest BCUT2D eigenvalue weighted by molar-refractivity contribution is 0.0203. The Morgan fingerprint density at radius 3 is 2.65 bits per heavy atom. The van der Waals surface area contributed by atoms with E-state index < -0.39 is 0 Å². The fourth-order valence-electron chi connectivity index (χ4n) is 3.25. The van der Waals surface area contributed by atoms with Crippen molar-refractivity contribution in [2.45, 2.75) is 39.5 Å². The van der Waals surface area contributed by atoms with E-state index in [9.17, 15) is 0 Å². The molecular weight excluding hydrogens is 330 g/mol. The quantitative estimate of drug-likeness (QED) is 0.395. The maximum absolute atomic E-state index is 5.79. The van der Waals surface area contributed by atoms with Gasteiger partial charge < -0.3 is 20.1 Å². The number of ether oxygens (including phenoxy) is 2. The van der Waals surface area contributed by atoms with Gasteiger partial charge in [-0.05, 0) is 51.0 Å². The molecule has 26 heavy (non-hydrogen) atoms. The van der Waals surface area contributed by atoms with E-state index in [4.69, 9.17) is 9.47 Å². The standard InChI is InChI=1S/C19H35N5O2/c1-15-18(16(2)24(4)23-15)6-10-22-19(20-3)21-9-5-11-26-14-17-7-12-25-13-8-17/h17H,5-14H2,1-4H3,(H2,20,21,22). The number of rotatable bonds is 9. The first-order valence-corrected chi connectivity index (χ1v) is 9.71. The van der Waals surface area contributed by atoms with E-state index in [2.05, 4.69) is 34.6 Å². The summed E-state index contributed by atoms with van der Waals surface area (Å²) in [6.07, 6.45) is 4.18. The van der Waals surface area contributed by atoms with Crippen LogP contribution >= 0.6 is 0 Å². The summed E-state index contributed by atoms with van der Waals surface area (Å²) in [5.41, 5.74) is 3.65. The molecule has 1 aromatic heterocycles. The zero-order valence-corrected chi connectivity index (χ0v) is 16.8. The van der Waals surface area contributed by atoms with E-state index in [1.54, 1.807) is 7.05 Å². The van der Waals surface area contributed by atoms with Crippen LogP contribution in [0, 0.1) is 19.8 Å². The molecule has 1 aliphatic rings. The van der Waals surface area contributed by atoms with E-state index in [1.165, 1.54) is 11.3 Å². The molecule has 1 aromatic rings. The molecule has 1 aliphatic heterocycles. The van der Waals surface area contributed by atoms with Gasteiger partial charge in [-0.15, -0.1) is 0 Å². The maximum Gasteiger partial charge on any atom is 0.190 e. The van der Waals surface area contributed by atoms with Gasteiger partial charge in [0.15, 0.2) is 5.96 Å². The van der Waals surface area contributed by atoms with Crippen molar-refractivity contribution in [3.63, 3.8) is 0 Å². The Bertz CT molecular complexity index is 565. The van der Waals surface area contributed by atoms with Gasteiger partial charge in [-0.25, -0.2) is 0 Å². The third-order valence-electron chi connectivity index (χ3n) is 5.00. The van der Waals surface area contributed by atoms with Crippen molar-refractivity contribution in [3.8, 4) is 0 Å². The molecule has 0 atom stereocenters. The highest BCUT2D eigenvalue weighted by Gasteiger charge is 2.13. The summed E-state index contributed by atoms with van der Waals surface area (Å²) in [6.45, 7) is 9.30. The van der Waals surface area contributed by atoms with E-state index in [1.807, 2.05) is 11.7 Å². The molecule has 0 aromatic carbocycles. The molecule has 0 amide bonds. The summed E-state index contributed by atoms with van der Waals surface area (Å²) in [6, 6.07) is 0. The Labute approximate surface area is 157 Å². The molecule has 0 bridgehead atoms. The summed E-state index contributed by atoms with van der Waals surface area (Å²) in [5, 5.41) is 11.2. The van der Waals surface area contributed by atoms with E-state index in [0.717, 1.165) is 76.9 Å². The van der Waals surface area contributed by atoms with Crippen molar-refractivity contribution in [2.24, 2.45) is 18.0 Å². The second-order valence-electron chi connectivity index (χ2n) is 6.93. The minimum atomic E-state index is 0.672. The molecule has 148 valence electrons. The highest BCUT2D eigenvalue weighted by atomic mass is 16.5. The van der Waals surface area contributed by atoms with Crippen molar-refractivity contribution >= 4 is 5.96 Å². The molecule has 7 heteroatoms. The van der Waals surface area contributed by atoms with E-state index >= 15 is 0 Å². The summed E-state index contributed by atoms with van der Waals surface area (Å²) < 4.78 is 13.1. The first-order valence-electron chi connectivity index (χ1n) is 9.71. The van der Waals surface area contributed by atoms with Crippen LogP contribution in [0.25, 0.3) is 0 Å². The predicted molar refractivity (Wildman–Crippen MR) is 105 cm³/mol. The second kappa shape index (κ2) is 11.2. The molecular formula is C19H35N5O2. The summed E-state index contributed by atoms with van der Waals surface area (Å²) in [5.74, 6) is 1.51. The van der Waals surface area contributed by atoms with Crippen LogP contribution in [0.4, 0.5) is 0 Å². The fourth-order valence-corrected chi connectivity index (χ4v) is 3.25. The molecule has 2 heterocycles. The van der Waals surface area contributed by atoms with Gasteiger partial charge in [0.1, 0.15) is 0 Å². The van der Waals surface area contributed by atoms with Gasteiger partial charge in [0.05, 0.1) is 5.69 Å². The van der Waals surface area contributed by atoms with E-state index in [0.29, 0.717) is 5.92 Å². The van der Waals surface area contributed by atoms with Crippen LogP contribution in [0.2, 0.25) is 0 Å². The molecule has 0 saturated carbocycles. The molecule has 0 aliphatic carbocycles. The average molecular weight is 366 g/mol. The van der Waals surface area contributed by atoms with Crippen LogP contribution in [0.3, 0.4) is 0 Å². The minimum Gasteiger partial charge on any atom is -0.381 e. The normalized spacial score (nSPS) is 16.1. The monoisotopic (exact) mass is 365 g/mol. The molecule has 1 fully saturated rings. The first kappa shape index (κ1) is 20.7. The van der Waals surface area contributed by atoms with Crippen LogP contribution in [-0.2, 0) is 22.9 Å². The number of nitrogens with one attached hydrogen (secondary N) is 2.